The Morgan fingerprint density at radius 3 is 1.95 bits per heavy atom. The first-order valence-electron chi connectivity index (χ1n) is 6.94. The van der Waals surface area contributed by atoms with E-state index in [4.69, 9.17) is 13.3 Å². The van der Waals surface area contributed by atoms with Crippen molar-refractivity contribution < 1.29 is 22.9 Å². The Hall–Kier alpha value is -1.02. The van der Waals surface area contributed by atoms with Crippen LogP contribution in [0, 0.1) is 0 Å². The van der Waals surface area contributed by atoms with E-state index < -0.39 is 8.80 Å². The van der Waals surface area contributed by atoms with Crippen LogP contribution in [0.25, 0.3) is 0 Å². The van der Waals surface area contributed by atoms with Gasteiger partial charge in [-0.3, -0.25) is 14.5 Å². The molecule has 0 unspecified atom stereocenters. The lowest BCUT2D eigenvalue weighted by molar-refractivity contribution is -0.137. The molecule has 1 saturated heterocycles. The maximum Gasteiger partial charge on any atom is 0.502 e. The van der Waals surface area contributed by atoms with E-state index in [1.165, 1.54) is 4.90 Å². The Morgan fingerprint density at radius 1 is 1.10 bits per heavy atom. The van der Waals surface area contributed by atoms with Crippen LogP contribution in [0.2, 0.25) is 6.04 Å². The summed E-state index contributed by atoms with van der Waals surface area (Å²) in [5.74, 6) is -0.519. The number of hydrogen-bond acceptors (Lipinski definition) is 5. The first-order chi connectivity index (χ1) is 9.49. The van der Waals surface area contributed by atoms with E-state index in [1.807, 2.05) is 20.8 Å². The van der Waals surface area contributed by atoms with Crippen molar-refractivity contribution in [2.45, 2.75) is 33.2 Å². The average Bonchev–Trinajstić information content (AvgIpc) is 2.62. The molecule has 0 bridgehead atoms. The van der Waals surface area contributed by atoms with Gasteiger partial charge in [-0.2, -0.15) is 0 Å². The summed E-state index contributed by atoms with van der Waals surface area (Å²) >= 11 is 0. The van der Waals surface area contributed by atoms with Crippen LogP contribution in [0.3, 0.4) is 0 Å². The van der Waals surface area contributed by atoms with Crippen LogP contribution < -0.4 is 0 Å². The number of carbonyl (C=O) groups is 2. The van der Waals surface area contributed by atoms with Crippen molar-refractivity contribution in [1.29, 1.82) is 0 Å². The first-order valence-corrected chi connectivity index (χ1v) is 8.87. The lowest BCUT2D eigenvalue weighted by Crippen LogP contribution is -2.49. The number of amides is 2. The summed E-state index contributed by atoms with van der Waals surface area (Å²) < 4.78 is 17.1. The molecule has 0 saturated carbocycles. The normalized spacial score (nSPS) is 16.4. The zero-order valence-electron chi connectivity index (χ0n) is 12.4. The zero-order valence-corrected chi connectivity index (χ0v) is 13.4. The monoisotopic (exact) mass is 301 g/mol. The highest BCUT2D eigenvalue weighted by Gasteiger charge is 2.43. The van der Waals surface area contributed by atoms with Crippen molar-refractivity contribution in [3.63, 3.8) is 0 Å². The van der Waals surface area contributed by atoms with Gasteiger partial charge < -0.3 is 13.3 Å². The molecule has 1 rings (SSSR count). The minimum atomic E-state index is -2.82. The van der Waals surface area contributed by atoms with Crippen LogP contribution in [0.15, 0.2) is 12.2 Å². The smallest absolute Gasteiger partial charge is 0.374 e. The largest absolute Gasteiger partial charge is 0.502 e. The molecule has 20 heavy (non-hydrogen) atoms. The lowest BCUT2D eigenvalue weighted by atomic mass is 10.3. The minimum Gasteiger partial charge on any atom is -0.374 e. The van der Waals surface area contributed by atoms with Crippen LogP contribution in [0.4, 0.5) is 0 Å². The van der Waals surface area contributed by atoms with Gasteiger partial charge in [-0.25, -0.2) is 0 Å². The Bertz CT molecular complexity index is 368. The number of carbonyl (C=O) groups excluding carboxylic acids is 2. The molecule has 7 heteroatoms. The fourth-order valence-corrected chi connectivity index (χ4v) is 4.63. The summed E-state index contributed by atoms with van der Waals surface area (Å²) in [6.07, 6.45) is 0.102. The fourth-order valence-electron chi connectivity index (χ4n) is 2.13. The predicted molar refractivity (Wildman–Crippen MR) is 75.9 cm³/mol. The van der Waals surface area contributed by atoms with Crippen molar-refractivity contribution in [3.05, 3.63) is 12.2 Å². The van der Waals surface area contributed by atoms with Crippen LogP contribution >= 0.6 is 0 Å². The van der Waals surface area contributed by atoms with Crippen LogP contribution in [0.5, 0.6) is 0 Å². The van der Waals surface area contributed by atoms with E-state index in [-0.39, 0.29) is 24.8 Å². The number of nitrogens with zero attached hydrogens (tertiary/aromatic N) is 1. The third-order valence-corrected chi connectivity index (χ3v) is 5.97. The van der Waals surface area contributed by atoms with Crippen molar-refractivity contribution in [2.24, 2.45) is 0 Å². The van der Waals surface area contributed by atoms with Crippen molar-refractivity contribution in [1.82, 2.24) is 4.90 Å². The third-order valence-electron chi connectivity index (χ3n) is 2.95. The molecular weight excluding hydrogens is 278 g/mol. The van der Waals surface area contributed by atoms with Gasteiger partial charge >= 0.3 is 8.80 Å². The molecule has 0 radical (unpaired) electrons. The van der Waals surface area contributed by atoms with Gasteiger partial charge in [0, 0.05) is 38.0 Å². The second-order valence-corrected chi connectivity index (χ2v) is 7.09. The molecule has 0 atom stereocenters. The highest BCUT2D eigenvalue weighted by molar-refractivity contribution is 6.60. The lowest BCUT2D eigenvalue weighted by Gasteiger charge is -2.29. The molecule has 2 amide bonds. The zero-order chi connectivity index (χ0) is 15.2. The average molecular weight is 301 g/mol. The summed E-state index contributed by atoms with van der Waals surface area (Å²) in [6, 6.07) is 0.410. The van der Waals surface area contributed by atoms with Crippen molar-refractivity contribution in [2.75, 3.05) is 26.4 Å². The van der Waals surface area contributed by atoms with E-state index in [0.717, 1.165) is 0 Å². The summed E-state index contributed by atoms with van der Waals surface area (Å²) in [5, 5.41) is 0. The van der Waals surface area contributed by atoms with E-state index in [9.17, 15) is 9.59 Å². The van der Waals surface area contributed by atoms with Gasteiger partial charge in [0.25, 0.3) is 5.91 Å². The summed E-state index contributed by atoms with van der Waals surface area (Å²) in [7, 11) is -2.82. The Morgan fingerprint density at radius 2 is 1.60 bits per heavy atom. The number of rotatable bonds is 9. The van der Waals surface area contributed by atoms with Gasteiger partial charge in [-0.05, 0) is 20.8 Å². The quantitative estimate of drug-likeness (QED) is 0.365. The molecule has 114 valence electrons. The van der Waals surface area contributed by atoms with Gasteiger partial charge in [-0.1, -0.05) is 6.58 Å². The van der Waals surface area contributed by atoms with Gasteiger partial charge in [-0.15, -0.1) is 0 Å². The summed E-state index contributed by atoms with van der Waals surface area (Å²) in [6.45, 7) is 10.9. The SMILES string of the molecule is C=C1CC(=O)N(CC[Si](OCC)(OCC)OCC)C1=O. The fraction of sp³-hybridized carbons (Fsp3) is 0.692. The van der Waals surface area contributed by atoms with Gasteiger partial charge in [0.05, 0.1) is 6.42 Å². The molecule has 0 aromatic heterocycles. The summed E-state index contributed by atoms with van der Waals surface area (Å²) in [5.41, 5.74) is 0.339. The topological polar surface area (TPSA) is 65.1 Å². The molecule has 0 spiro atoms. The molecule has 0 aromatic rings. The van der Waals surface area contributed by atoms with Crippen LogP contribution in [-0.4, -0.2) is 51.9 Å². The molecule has 0 aliphatic carbocycles. The first kappa shape index (κ1) is 17.0. The van der Waals surface area contributed by atoms with E-state index in [1.54, 1.807) is 0 Å². The molecular formula is C13H23NO5Si. The van der Waals surface area contributed by atoms with Crippen molar-refractivity contribution in [3.8, 4) is 0 Å². The number of likely N-dealkylation sites (tertiary alicyclic amines) is 1. The van der Waals surface area contributed by atoms with Crippen LogP contribution in [0.1, 0.15) is 27.2 Å². The standard InChI is InChI=1S/C13H23NO5Si/c1-5-17-20(18-6-2,19-7-3)9-8-14-12(15)10-11(4)13(14)16/h4-10H2,1-3H3. The van der Waals surface area contributed by atoms with Crippen LogP contribution in [-0.2, 0) is 22.9 Å². The molecule has 6 nitrogen and oxygen atoms in total. The van der Waals surface area contributed by atoms with Gasteiger partial charge in [0.1, 0.15) is 0 Å². The second kappa shape index (κ2) is 7.68. The van der Waals surface area contributed by atoms with E-state index in [0.29, 0.717) is 31.4 Å². The molecule has 1 aliphatic rings. The van der Waals surface area contributed by atoms with Gasteiger partial charge in [0.15, 0.2) is 0 Å². The molecule has 1 heterocycles. The molecule has 1 fully saturated rings. The van der Waals surface area contributed by atoms with Gasteiger partial charge in [0.2, 0.25) is 5.91 Å². The predicted octanol–water partition coefficient (Wildman–Crippen LogP) is 1.35. The van der Waals surface area contributed by atoms with Crippen molar-refractivity contribution >= 4 is 20.6 Å². The number of imide groups is 1. The molecule has 0 aromatic carbocycles. The maximum absolute atomic E-state index is 11.8. The van der Waals surface area contributed by atoms with E-state index in [2.05, 4.69) is 6.58 Å². The Labute approximate surface area is 121 Å². The third kappa shape index (κ3) is 3.98. The number of hydrogen-bond donors (Lipinski definition) is 0. The highest BCUT2D eigenvalue weighted by atomic mass is 28.4. The van der Waals surface area contributed by atoms with E-state index >= 15 is 0 Å². The maximum atomic E-state index is 11.8. The molecule has 1 aliphatic heterocycles. The molecule has 0 N–H and O–H groups in total. The summed E-state index contributed by atoms with van der Waals surface area (Å²) in [4.78, 5) is 24.7. The Balaban J connectivity index is 2.72. The minimum absolute atomic E-state index is 0.102. The second-order valence-electron chi connectivity index (χ2n) is 4.36. The highest BCUT2D eigenvalue weighted by Crippen LogP contribution is 2.21. The Kier molecular flexibility index (Phi) is 6.54.